The summed E-state index contributed by atoms with van der Waals surface area (Å²) in [6.07, 6.45) is -0.239. The van der Waals surface area contributed by atoms with Gasteiger partial charge in [0.1, 0.15) is 11.5 Å². The van der Waals surface area contributed by atoms with Crippen molar-refractivity contribution in [2.24, 2.45) is 5.10 Å². The summed E-state index contributed by atoms with van der Waals surface area (Å²) in [4.78, 5) is 26.4. The third-order valence-corrected chi connectivity index (χ3v) is 5.70. The zero-order valence-corrected chi connectivity index (χ0v) is 18.9. The number of hydrazone groups is 1. The Morgan fingerprint density at radius 2 is 2.03 bits per heavy atom. The lowest BCUT2D eigenvalue weighted by Gasteiger charge is -2.05. The molecule has 0 amide bonds. The number of nitrogens with one attached hydrogen (secondary N) is 1. The summed E-state index contributed by atoms with van der Waals surface area (Å²) in [6.45, 7) is 0. The van der Waals surface area contributed by atoms with Crippen LogP contribution in [0.2, 0.25) is 0 Å². The number of aromatic hydroxyl groups is 1. The molecular formula is C18H12Br2N4O5S. The maximum Gasteiger partial charge on any atom is 0.352 e. The normalized spacial score (nSPS) is 11.3. The fraction of sp³-hybridized carbons (Fsp3) is 0.0556. The summed E-state index contributed by atoms with van der Waals surface area (Å²) in [5.74, 6) is -1.30. The number of nitro groups is 1. The van der Waals surface area contributed by atoms with Crippen LogP contribution in [0.3, 0.4) is 0 Å². The predicted octanol–water partition coefficient (Wildman–Crippen LogP) is 5.04. The number of nitrogens with zero attached hydrogens (tertiary/aromatic N) is 3. The SMILES string of the molecule is O=C(O)C(Cc1ccccc1[N+](=O)[O-])=NNc1nc(-c2cc(Br)cc(Br)c2O)cs1. The number of aliphatic carboxylic acids is 1. The van der Waals surface area contributed by atoms with Crippen LogP contribution >= 0.6 is 43.2 Å². The average Bonchev–Trinajstić information content (AvgIpc) is 3.16. The number of phenols is 1. The number of nitro benzene ring substituents is 1. The minimum atomic E-state index is -1.31. The van der Waals surface area contributed by atoms with E-state index in [2.05, 4.69) is 47.4 Å². The van der Waals surface area contributed by atoms with E-state index in [0.29, 0.717) is 20.9 Å². The van der Waals surface area contributed by atoms with Crippen LogP contribution < -0.4 is 5.43 Å². The molecule has 9 nitrogen and oxygen atoms in total. The number of carboxylic acid groups (broad SMARTS) is 1. The molecule has 0 bridgehead atoms. The highest BCUT2D eigenvalue weighted by Crippen LogP contribution is 2.39. The van der Waals surface area contributed by atoms with Crippen LogP contribution in [0.25, 0.3) is 11.3 Å². The Morgan fingerprint density at radius 1 is 1.30 bits per heavy atom. The lowest BCUT2D eigenvalue weighted by atomic mass is 10.1. The number of benzene rings is 2. The molecule has 0 radical (unpaired) electrons. The predicted molar refractivity (Wildman–Crippen MR) is 120 cm³/mol. The number of anilines is 1. The molecule has 0 fully saturated rings. The molecule has 30 heavy (non-hydrogen) atoms. The van der Waals surface area contributed by atoms with Crippen molar-refractivity contribution in [3.63, 3.8) is 0 Å². The van der Waals surface area contributed by atoms with Gasteiger partial charge in [-0.2, -0.15) is 5.10 Å². The minimum Gasteiger partial charge on any atom is -0.506 e. The summed E-state index contributed by atoms with van der Waals surface area (Å²) >= 11 is 7.77. The van der Waals surface area contributed by atoms with E-state index in [1.807, 2.05) is 0 Å². The second-order valence-corrected chi connectivity index (χ2v) is 8.49. The van der Waals surface area contributed by atoms with Gasteiger partial charge in [0.05, 0.1) is 15.1 Å². The Morgan fingerprint density at radius 3 is 2.73 bits per heavy atom. The van der Waals surface area contributed by atoms with Crippen molar-refractivity contribution in [2.45, 2.75) is 6.42 Å². The summed E-state index contributed by atoms with van der Waals surface area (Å²) < 4.78 is 1.23. The van der Waals surface area contributed by atoms with Crippen LogP contribution in [0.15, 0.2) is 55.8 Å². The van der Waals surface area contributed by atoms with Gasteiger partial charge in [-0.1, -0.05) is 34.1 Å². The van der Waals surface area contributed by atoms with E-state index in [-0.39, 0.29) is 29.1 Å². The van der Waals surface area contributed by atoms with Crippen LogP contribution in [0.4, 0.5) is 10.8 Å². The number of phenolic OH excluding ortho intramolecular Hbond substituents is 1. The molecule has 0 aliphatic rings. The van der Waals surface area contributed by atoms with Crippen molar-refractivity contribution in [1.29, 1.82) is 0 Å². The third-order valence-electron chi connectivity index (χ3n) is 3.89. The van der Waals surface area contributed by atoms with Crippen LogP contribution in [-0.2, 0) is 11.2 Å². The molecule has 3 N–H and O–H groups in total. The highest BCUT2D eigenvalue weighted by molar-refractivity contribution is 9.11. The van der Waals surface area contributed by atoms with Crippen molar-refractivity contribution in [3.05, 3.63) is 66.4 Å². The Balaban J connectivity index is 1.84. The Hall–Kier alpha value is -2.83. The first-order chi connectivity index (χ1) is 14.3. The van der Waals surface area contributed by atoms with Gasteiger partial charge >= 0.3 is 5.97 Å². The zero-order chi connectivity index (χ0) is 21.8. The number of aromatic nitrogens is 1. The standard InChI is InChI=1S/C18H12Br2N4O5S/c19-10-6-11(16(25)12(20)7-10)14-8-30-18(21-14)23-22-13(17(26)27)5-9-3-1-2-4-15(9)24(28)29/h1-4,6-8,25H,5H2,(H,21,23)(H,26,27). The second-order valence-electron chi connectivity index (χ2n) is 5.86. The molecule has 1 heterocycles. The van der Waals surface area contributed by atoms with E-state index in [9.17, 15) is 25.1 Å². The average molecular weight is 556 g/mol. The molecular weight excluding hydrogens is 544 g/mol. The monoisotopic (exact) mass is 554 g/mol. The van der Waals surface area contributed by atoms with E-state index < -0.39 is 10.9 Å². The number of hydrogen-bond donors (Lipinski definition) is 3. The number of hydrogen-bond acceptors (Lipinski definition) is 8. The van der Waals surface area contributed by atoms with Crippen molar-refractivity contribution in [1.82, 2.24) is 4.98 Å². The van der Waals surface area contributed by atoms with Crippen LogP contribution in [-0.4, -0.2) is 31.8 Å². The maximum absolute atomic E-state index is 11.6. The summed E-state index contributed by atoms with van der Waals surface area (Å²) in [5.41, 5.74) is 3.25. The number of rotatable bonds is 7. The molecule has 0 aliphatic heterocycles. The maximum atomic E-state index is 11.6. The van der Waals surface area contributed by atoms with Crippen LogP contribution in [0, 0.1) is 10.1 Å². The highest BCUT2D eigenvalue weighted by atomic mass is 79.9. The molecule has 0 unspecified atom stereocenters. The first kappa shape index (κ1) is 21.9. The largest absolute Gasteiger partial charge is 0.506 e. The fourth-order valence-electron chi connectivity index (χ4n) is 2.51. The number of carboxylic acids is 1. The topological polar surface area (TPSA) is 138 Å². The summed E-state index contributed by atoms with van der Waals surface area (Å²) in [5, 5.41) is 36.6. The number of halogens is 2. The van der Waals surface area contributed by atoms with E-state index in [0.717, 1.165) is 15.8 Å². The van der Waals surface area contributed by atoms with Crippen molar-refractivity contribution < 1.29 is 19.9 Å². The molecule has 0 aliphatic carbocycles. The second kappa shape index (κ2) is 9.32. The van der Waals surface area contributed by atoms with Gasteiger partial charge in [-0.3, -0.25) is 15.5 Å². The molecule has 3 aromatic rings. The van der Waals surface area contributed by atoms with Crippen LogP contribution in [0.1, 0.15) is 5.56 Å². The first-order valence-electron chi connectivity index (χ1n) is 8.18. The van der Waals surface area contributed by atoms with E-state index >= 15 is 0 Å². The quantitative estimate of drug-likeness (QED) is 0.211. The van der Waals surface area contributed by atoms with E-state index in [1.165, 1.54) is 18.2 Å². The van der Waals surface area contributed by atoms with Gasteiger partial charge in [0.25, 0.3) is 5.69 Å². The van der Waals surface area contributed by atoms with E-state index in [4.69, 9.17) is 0 Å². The van der Waals surface area contributed by atoms with Gasteiger partial charge < -0.3 is 10.2 Å². The molecule has 0 saturated carbocycles. The molecule has 154 valence electrons. The highest BCUT2D eigenvalue weighted by Gasteiger charge is 2.19. The number of para-hydroxylation sites is 1. The lowest BCUT2D eigenvalue weighted by molar-refractivity contribution is -0.385. The molecule has 3 rings (SSSR count). The fourth-order valence-corrected chi connectivity index (χ4v) is 4.38. The zero-order valence-electron chi connectivity index (χ0n) is 14.9. The van der Waals surface area contributed by atoms with Gasteiger partial charge in [-0.25, -0.2) is 9.78 Å². The summed E-state index contributed by atoms with van der Waals surface area (Å²) in [7, 11) is 0. The summed E-state index contributed by atoms with van der Waals surface area (Å²) in [6, 6.07) is 9.26. The first-order valence-corrected chi connectivity index (χ1v) is 10.6. The lowest BCUT2D eigenvalue weighted by Crippen LogP contribution is -2.18. The minimum absolute atomic E-state index is 0.0150. The van der Waals surface area contributed by atoms with Gasteiger partial charge in [0.2, 0.25) is 5.13 Å². The van der Waals surface area contributed by atoms with Crippen molar-refractivity contribution in [2.75, 3.05) is 5.43 Å². The molecule has 1 aromatic heterocycles. The van der Waals surface area contributed by atoms with Crippen molar-refractivity contribution in [3.8, 4) is 17.0 Å². The number of carbonyl (C=O) groups is 1. The molecule has 0 spiro atoms. The Labute approximate surface area is 190 Å². The molecule has 0 atom stereocenters. The molecule has 2 aromatic carbocycles. The molecule has 12 heteroatoms. The van der Waals surface area contributed by atoms with Crippen LogP contribution in [0.5, 0.6) is 5.75 Å². The van der Waals surface area contributed by atoms with Gasteiger partial charge in [-0.05, 0) is 28.1 Å². The Bertz CT molecular complexity index is 1170. The van der Waals surface area contributed by atoms with Gasteiger partial charge in [-0.15, -0.1) is 11.3 Å². The molecule has 0 saturated heterocycles. The smallest absolute Gasteiger partial charge is 0.352 e. The third kappa shape index (κ3) is 5.01. The Kier molecular flexibility index (Phi) is 6.80. The van der Waals surface area contributed by atoms with Crippen molar-refractivity contribution >= 4 is 65.7 Å². The number of thiazole rings is 1. The van der Waals surface area contributed by atoms with Gasteiger partial charge in [0, 0.05) is 33.5 Å². The van der Waals surface area contributed by atoms with E-state index in [1.54, 1.807) is 23.6 Å². The van der Waals surface area contributed by atoms with Gasteiger partial charge in [0.15, 0.2) is 0 Å².